The summed E-state index contributed by atoms with van der Waals surface area (Å²) in [7, 11) is 0. The van der Waals surface area contributed by atoms with Crippen molar-refractivity contribution in [1.29, 1.82) is 0 Å². The van der Waals surface area contributed by atoms with Gasteiger partial charge < -0.3 is 10.4 Å². The maximum Gasteiger partial charge on any atom is 0.315 e. The number of hydrogen-bond acceptors (Lipinski definition) is 5. The summed E-state index contributed by atoms with van der Waals surface area (Å²) in [6.07, 6.45) is 0. The number of aliphatic imine (C=N–C) groups is 1. The first-order valence-electron chi connectivity index (χ1n) is 5.24. The summed E-state index contributed by atoms with van der Waals surface area (Å²) in [6.45, 7) is 0.640. The van der Waals surface area contributed by atoms with E-state index in [-0.39, 0.29) is 11.4 Å². The Balaban J connectivity index is 1.95. The number of carbonyl (C=O) groups excluding carboxylic acids is 2. The number of phenols is 1. The van der Waals surface area contributed by atoms with E-state index in [9.17, 15) is 14.7 Å². The second-order valence-corrected chi connectivity index (χ2v) is 4.54. The molecule has 6 nitrogen and oxygen atoms in total. The van der Waals surface area contributed by atoms with E-state index in [1.807, 2.05) is 0 Å². The number of thioether (sulfide) groups is 1. The van der Waals surface area contributed by atoms with E-state index >= 15 is 0 Å². The molecule has 2 amide bonds. The predicted octanol–water partition coefficient (Wildman–Crippen LogP) is 0.550. The van der Waals surface area contributed by atoms with Gasteiger partial charge >= 0.3 is 11.8 Å². The van der Waals surface area contributed by atoms with Gasteiger partial charge in [-0.1, -0.05) is 23.9 Å². The summed E-state index contributed by atoms with van der Waals surface area (Å²) in [5.74, 6) is -0.930. The molecule has 3 N–H and O–H groups in total. The molecule has 0 spiro atoms. The fourth-order valence-electron chi connectivity index (χ4n) is 1.32. The number of amidine groups is 1. The first-order valence-corrected chi connectivity index (χ1v) is 6.23. The van der Waals surface area contributed by atoms with Crippen molar-refractivity contribution >= 4 is 34.4 Å². The van der Waals surface area contributed by atoms with Gasteiger partial charge in [-0.25, -0.2) is 0 Å². The third kappa shape index (κ3) is 3.01. The minimum absolute atomic E-state index is 0.0915. The van der Waals surface area contributed by atoms with Gasteiger partial charge in [-0.3, -0.25) is 19.9 Å². The van der Waals surface area contributed by atoms with Crippen LogP contribution in [0.15, 0.2) is 29.3 Å². The van der Waals surface area contributed by atoms with Gasteiger partial charge in [0.25, 0.3) is 0 Å². The molecule has 94 valence electrons. The molecule has 0 unspecified atom stereocenters. The summed E-state index contributed by atoms with van der Waals surface area (Å²) in [5, 5.41) is 14.6. The Kier molecular flexibility index (Phi) is 3.83. The summed E-state index contributed by atoms with van der Waals surface area (Å²) in [6, 6.07) is 6.19. The SMILES string of the molecule is O=C(NC1=NCCS1)C(=O)Nc1ccccc1O. The van der Waals surface area contributed by atoms with Crippen molar-refractivity contribution in [2.75, 3.05) is 17.6 Å². The van der Waals surface area contributed by atoms with Crippen LogP contribution in [0, 0.1) is 0 Å². The molecule has 1 aromatic rings. The van der Waals surface area contributed by atoms with Crippen LogP contribution in [0.3, 0.4) is 0 Å². The molecule has 1 aliphatic heterocycles. The molecule has 1 aliphatic rings. The number of amides is 2. The fraction of sp³-hybridized carbons (Fsp3) is 0.182. The van der Waals surface area contributed by atoms with Gasteiger partial charge in [-0.15, -0.1) is 0 Å². The van der Waals surface area contributed by atoms with Crippen LogP contribution < -0.4 is 10.6 Å². The lowest BCUT2D eigenvalue weighted by Crippen LogP contribution is -2.37. The summed E-state index contributed by atoms with van der Waals surface area (Å²) in [4.78, 5) is 27.1. The van der Waals surface area contributed by atoms with Crippen LogP contribution >= 0.6 is 11.8 Å². The van der Waals surface area contributed by atoms with E-state index in [1.165, 1.54) is 23.9 Å². The number of benzene rings is 1. The Labute approximate surface area is 107 Å². The molecule has 18 heavy (non-hydrogen) atoms. The summed E-state index contributed by atoms with van der Waals surface area (Å²) >= 11 is 1.39. The van der Waals surface area contributed by atoms with Crippen molar-refractivity contribution in [3.8, 4) is 5.75 Å². The molecule has 0 atom stereocenters. The molecule has 0 fully saturated rings. The third-order valence-corrected chi connectivity index (χ3v) is 3.06. The van der Waals surface area contributed by atoms with Crippen molar-refractivity contribution in [1.82, 2.24) is 5.32 Å². The minimum atomic E-state index is -0.841. The number of hydrogen-bond donors (Lipinski definition) is 3. The first kappa shape index (κ1) is 12.4. The average Bonchev–Trinajstić information content (AvgIpc) is 2.84. The zero-order valence-electron chi connectivity index (χ0n) is 9.34. The van der Waals surface area contributed by atoms with Crippen molar-refractivity contribution in [3.63, 3.8) is 0 Å². The van der Waals surface area contributed by atoms with Crippen LogP contribution in [-0.2, 0) is 9.59 Å². The monoisotopic (exact) mass is 265 g/mol. The molecule has 0 aliphatic carbocycles. The van der Waals surface area contributed by atoms with E-state index in [1.54, 1.807) is 12.1 Å². The molecule has 7 heteroatoms. The Morgan fingerprint density at radius 1 is 1.22 bits per heavy atom. The van der Waals surface area contributed by atoms with Crippen LogP contribution in [-0.4, -0.2) is 34.4 Å². The average molecular weight is 265 g/mol. The van der Waals surface area contributed by atoms with Crippen LogP contribution in [0.5, 0.6) is 5.75 Å². The molecule has 0 saturated carbocycles. The normalized spacial score (nSPS) is 13.9. The second kappa shape index (κ2) is 5.54. The highest BCUT2D eigenvalue weighted by molar-refractivity contribution is 8.14. The van der Waals surface area contributed by atoms with Crippen molar-refractivity contribution in [3.05, 3.63) is 24.3 Å². The summed E-state index contributed by atoms with van der Waals surface area (Å²) in [5.41, 5.74) is 0.193. The second-order valence-electron chi connectivity index (χ2n) is 3.46. The molecule has 2 rings (SSSR count). The van der Waals surface area contributed by atoms with Gasteiger partial charge in [-0.2, -0.15) is 0 Å². The molecule has 1 aromatic carbocycles. The number of nitrogens with one attached hydrogen (secondary N) is 2. The number of carbonyl (C=O) groups is 2. The number of anilines is 1. The van der Waals surface area contributed by atoms with Crippen molar-refractivity contribution < 1.29 is 14.7 Å². The Bertz CT molecular complexity index is 516. The third-order valence-electron chi connectivity index (χ3n) is 2.16. The van der Waals surface area contributed by atoms with E-state index in [4.69, 9.17) is 0 Å². The molecule has 1 heterocycles. The van der Waals surface area contributed by atoms with Crippen LogP contribution in [0.25, 0.3) is 0 Å². The van der Waals surface area contributed by atoms with E-state index in [2.05, 4.69) is 15.6 Å². The Morgan fingerprint density at radius 2 is 1.94 bits per heavy atom. The molecule has 0 radical (unpaired) electrons. The smallest absolute Gasteiger partial charge is 0.315 e. The number of nitrogens with zero attached hydrogens (tertiary/aromatic N) is 1. The van der Waals surface area contributed by atoms with Gasteiger partial charge in [0.1, 0.15) is 5.75 Å². The maximum atomic E-state index is 11.6. The zero-order valence-corrected chi connectivity index (χ0v) is 10.2. The fourth-order valence-corrected chi connectivity index (χ4v) is 2.05. The summed E-state index contributed by atoms with van der Waals surface area (Å²) < 4.78 is 0. The standard InChI is InChI=1S/C11H11N3O3S/c15-8-4-2-1-3-7(8)13-9(16)10(17)14-11-12-5-6-18-11/h1-4,15H,5-6H2,(H,13,16)(H,12,14,17). The highest BCUT2D eigenvalue weighted by atomic mass is 32.2. The largest absolute Gasteiger partial charge is 0.506 e. The number of aromatic hydroxyl groups is 1. The minimum Gasteiger partial charge on any atom is -0.506 e. The predicted molar refractivity (Wildman–Crippen MR) is 69.6 cm³/mol. The molecular formula is C11H11N3O3S. The van der Waals surface area contributed by atoms with Crippen LogP contribution in [0.1, 0.15) is 0 Å². The zero-order chi connectivity index (χ0) is 13.0. The number of phenolic OH excluding ortho intramolecular Hbond substituents is 1. The number of rotatable bonds is 1. The van der Waals surface area contributed by atoms with Gasteiger partial charge in [-0.05, 0) is 12.1 Å². The Morgan fingerprint density at radius 3 is 2.61 bits per heavy atom. The number of para-hydroxylation sites is 2. The Hall–Kier alpha value is -2.02. The highest BCUT2D eigenvalue weighted by Gasteiger charge is 2.18. The van der Waals surface area contributed by atoms with Gasteiger partial charge in [0.2, 0.25) is 0 Å². The van der Waals surface area contributed by atoms with E-state index in [0.717, 1.165) is 5.75 Å². The van der Waals surface area contributed by atoms with E-state index in [0.29, 0.717) is 11.7 Å². The van der Waals surface area contributed by atoms with Crippen LogP contribution in [0.2, 0.25) is 0 Å². The quantitative estimate of drug-likeness (QED) is 0.511. The van der Waals surface area contributed by atoms with Crippen molar-refractivity contribution in [2.24, 2.45) is 4.99 Å². The topological polar surface area (TPSA) is 90.8 Å². The lowest BCUT2D eigenvalue weighted by Gasteiger charge is -2.06. The van der Waals surface area contributed by atoms with Gasteiger partial charge in [0.15, 0.2) is 5.17 Å². The van der Waals surface area contributed by atoms with Crippen molar-refractivity contribution in [2.45, 2.75) is 0 Å². The highest BCUT2D eigenvalue weighted by Crippen LogP contribution is 2.21. The lowest BCUT2D eigenvalue weighted by atomic mass is 10.3. The van der Waals surface area contributed by atoms with Crippen LogP contribution in [0.4, 0.5) is 5.69 Å². The molecule has 0 saturated heterocycles. The lowest BCUT2D eigenvalue weighted by molar-refractivity contribution is -0.135. The molecule has 0 aromatic heterocycles. The molecule has 0 bridgehead atoms. The van der Waals surface area contributed by atoms with Gasteiger partial charge in [0.05, 0.1) is 12.2 Å². The van der Waals surface area contributed by atoms with E-state index < -0.39 is 11.8 Å². The molecular weight excluding hydrogens is 254 g/mol. The first-order chi connectivity index (χ1) is 8.66. The van der Waals surface area contributed by atoms with Gasteiger partial charge in [0, 0.05) is 5.75 Å². The maximum absolute atomic E-state index is 11.6.